The molecular formula is C17H19FINO4. The highest BCUT2D eigenvalue weighted by Crippen LogP contribution is 2.21. The number of aromatic nitrogens is 1. The van der Waals surface area contributed by atoms with Gasteiger partial charge < -0.3 is 14.4 Å². The predicted molar refractivity (Wildman–Crippen MR) is 97.7 cm³/mol. The van der Waals surface area contributed by atoms with Crippen molar-refractivity contribution in [2.45, 2.75) is 26.8 Å². The molecule has 0 spiro atoms. The van der Waals surface area contributed by atoms with Crippen LogP contribution in [0.25, 0.3) is 10.9 Å². The molecule has 1 aromatic carbocycles. The van der Waals surface area contributed by atoms with Gasteiger partial charge in [0, 0.05) is 28.3 Å². The van der Waals surface area contributed by atoms with E-state index in [1.54, 1.807) is 11.5 Å². The van der Waals surface area contributed by atoms with Crippen molar-refractivity contribution in [1.29, 1.82) is 0 Å². The number of aliphatic hydroxyl groups excluding tert-OH is 1. The number of nitrogens with zero attached hydrogens (tertiary/aromatic N) is 1. The number of rotatable bonds is 6. The van der Waals surface area contributed by atoms with E-state index in [1.807, 2.05) is 29.5 Å². The van der Waals surface area contributed by atoms with Crippen LogP contribution in [-0.2, 0) is 11.3 Å². The van der Waals surface area contributed by atoms with Gasteiger partial charge in [-0.25, -0.2) is 9.18 Å². The third-order valence-corrected chi connectivity index (χ3v) is 4.57. The summed E-state index contributed by atoms with van der Waals surface area (Å²) in [6.07, 6.45) is 1.98. The summed E-state index contributed by atoms with van der Waals surface area (Å²) in [4.78, 5) is 24.7. The highest BCUT2D eigenvalue weighted by molar-refractivity contribution is 14.1. The lowest BCUT2D eigenvalue weighted by Crippen LogP contribution is -2.22. The van der Waals surface area contributed by atoms with Gasteiger partial charge in [-0.05, 0) is 54.0 Å². The van der Waals surface area contributed by atoms with Gasteiger partial charge >= 0.3 is 5.97 Å². The van der Waals surface area contributed by atoms with E-state index in [4.69, 9.17) is 9.84 Å². The van der Waals surface area contributed by atoms with E-state index in [0.717, 1.165) is 0 Å². The van der Waals surface area contributed by atoms with Crippen LogP contribution >= 0.6 is 22.6 Å². The van der Waals surface area contributed by atoms with Crippen LogP contribution in [0.3, 0.4) is 0 Å². The molecule has 0 aliphatic rings. The average molecular weight is 447 g/mol. The van der Waals surface area contributed by atoms with E-state index in [2.05, 4.69) is 0 Å². The molecule has 5 nitrogen and oxygen atoms in total. The van der Waals surface area contributed by atoms with Gasteiger partial charge in [0.05, 0.1) is 12.1 Å². The smallest absolute Gasteiger partial charge is 0.343 e. The summed E-state index contributed by atoms with van der Waals surface area (Å²) >= 11 is 1.81. The third kappa shape index (κ3) is 3.94. The number of ether oxygens (including phenoxy) is 1. The van der Waals surface area contributed by atoms with Gasteiger partial charge in [-0.2, -0.15) is 0 Å². The molecule has 0 radical (unpaired) electrons. The molecule has 0 saturated heterocycles. The van der Waals surface area contributed by atoms with Crippen LogP contribution in [0.5, 0.6) is 0 Å². The zero-order valence-electron chi connectivity index (χ0n) is 13.5. The second-order valence-corrected chi connectivity index (χ2v) is 6.81. The summed E-state index contributed by atoms with van der Waals surface area (Å²) < 4.78 is 20.9. The minimum atomic E-state index is -0.688. The highest BCUT2D eigenvalue weighted by atomic mass is 127. The van der Waals surface area contributed by atoms with E-state index < -0.39 is 17.2 Å². The molecule has 0 saturated carbocycles. The Morgan fingerprint density at radius 2 is 2.17 bits per heavy atom. The van der Waals surface area contributed by atoms with Gasteiger partial charge in [0.1, 0.15) is 11.4 Å². The Morgan fingerprint density at radius 1 is 1.46 bits per heavy atom. The summed E-state index contributed by atoms with van der Waals surface area (Å²) in [6, 6.07) is 2.75. The molecule has 0 unspecified atom stereocenters. The Labute approximate surface area is 152 Å². The van der Waals surface area contributed by atoms with Gasteiger partial charge in [0.15, 0.2) is 0 Å². The second kappa shape index (κ2) is 8.06. The average Bonchev–Trinajstić information content (AvgIpc) is 2.52. The maximum atomic E-state index is 14.0. The Kier molecular flexibility index (Phi) is 6.34. The lowest BCUT2D eigenvalue weighted by Gasteiger charge is -2.17. The number of carbonyl (C=O) groups is 1. The van der Waals surface area contributed by atoms with E-state index in [0.29, 0.717) is 22.1 Å². The number of fused-ring (bicyclic) bond motifs is 1. The van der Waals surface area contributed by atoms with Crippen LogP contribution in [0, 0.1) is 15.3 Å². The number of hydrogen-bond donors (Lipinski definition) is 1. The fraction of sp³-hybridized carbons (Fsp3) is 0.412. The molecule has 7 heteroatoms. The fourth-order valence-corrected chi connectivity index (χ4v) is 3.00. The summed E-state index contributed by atoms with van der Waals surface area (Å²) in [6.45, 7) is 4.25. The van der Waals surface area contributed by atoms with E-state index in [-0.39, 0.29) is 30.1 Å². The van der Waals surface area contributed by atoms with Crippen molar-refractivity contribution in [2.75, 3.05) is 13.2 Å². The molecule has 0 fully saturated rings. The number of esters is 1. The maximum Gasteiger partial charge on any atom is 0.343 e. The van der Waals surface area contributed by atoms with E-state index in [1.165, 1.54) is 18.3 Å². The van der Waals surface area contributed by atoms with Crippen molar-refractivity contribution < 1.29 is 19.0 Å². The predicted octanol–water partition coefficient (Wildman–Crippen LogP) is 2.94. The van der Waals surface area contributed by atoms with Gasteiger partial charge in [0.25, 0.3) is 0 Å². The first-order valence-electron chi connectivity index (χ1n) is 7.69. The number of carbonyl (C=O) groups excluding carboxylic acids is 1. The molecule has 24 heavy (non-hydrogen) atoms. The number of hydrogen-bond acceptors (Lipinski definition) is 4. The lowest BCUT2D eigenvalue weighted by atomic mass is 10.1. The van der Waals surface area contributed by atoms with Crippen molar-refractivity contribution in [3.8, 4) is 0 Å². The number of halogens is 2. The summed E-state index contributed by atoms with van der Waals surface area (Å²) in [5, 5.41) is 9.35. The van der Waals surface area contributed by atoms with Gasteiger partial charge in [-0.15, -0.1) is 0 Å². The Bertz CT molecular complexity index is 818. The minimum absolute atomic E-state index is 0.0380. The molecule has 0 aliphatic heterocycles. The molecule has 130 valence electrons. The first-order chi connectivity index (χ1) is 11.4. The topological polar surface area (TPSA) is 68.5 Å². The standard InChI is InChI=1S/C17H19FINO4/c1-3-24-17(23)12-9-20(8-10(2)4-5-21)15-7-13(18)14(19)6-11(15)16(12)22/h6-7,9-10,21H,3-5,8H2,1-2H3/t10-/m0/s1. The third-order valence-electron chi connectivity index (χ3n) is 3.75. The Morgan fingerprint density at radius 3 is 2.79 bits per heavy atom. The molecule has 0 amide bonds. The van der Waals surface area contributed by atoms with Crippen molar-refractivity contribution in [2.24, 2.45) is 5.92 Å². The molecule has 2 aromatic rings. The number of benzene rings is 1. The van der Waals surface area contributed by atoms with E-state index >= 15 is 0 Å². The van der Waals surface area contributed by atoms with Gasteiger partial charge in [-0.3, -0.25) is 4.79 Å². The van der Waals surface area contributed by atoms with Crippen molar-refractivity contribution >= 4 is 39.5 Å². The van der Waals surface area contributed by atoms with Crippen molar-refractivity contribution in [3.63, 3.8) is 0 Å². The van der Waals surface area contributed by atoms with Crippen molar-refractivity contribution in [1.82, 2.24) is 4.57 Å². The molecular weight excluding hydrogens is 428 g/mol. The minimum Gasteiger partial charge on any atom is -0.462 e. The fourth-order valence-electron chi connectivity index (χ4n) is 2.54. The molecule has 1 atom stereocenters. The van der Waals surface area contributed by atoms with Gasteiger partial charge in [0.2, 0.25) is 5.43 Å². The molecule has 0 bridgehead atoms. The molecule has 1 N–H and O–H groups in total. The zero-order chi connectivity index (χ0) is 17.9. The van der Waals surface area contributed by atoms with Crippen LogP contribution in [0.2, 0.25) is 0 Å². The van der Waals surface area contributed by atoms with Crippen molar-refractivity contribution in [3.05, 3.63) is 43.5 Å². The maximum absolute atomic E-state index is 14.0. The quantitative estimate of drug-likeness (QED) is 0.547. The van der Waals surface area contributed by atoms with Crippen LogP contribution < -0.4 is 5.43 Å². The first-order valence-corrected chi connectivity index (χ1v) is 8.77. The lowest BCUT2D eigenvalue weighted by molar-refractivity contribution is 0.0524. The Hall–Kier alpha value is -1.48. The van der Waals surface area contributed by atoms with Crippen LogP contribution in [0.15, 0.2) is 23.1 Å². The largest absolute Gasteiger partial charge is 0.462 e. The summed E-state index contributed by atoms with van der Waals surface area (Å²) in [5.74, 6) is -1.01. The molecule has 0 aliphatic carbocycles. The van der Waals surface area contributed by atoms with Crippen LogP contribution in [0.4, 0.5) is 4.39 Å². The number of aliphatic hydroxyl groups is 1. The normalized spacial score (nSPS) is 12.4. The molecule has 1 heterocycles. The second-order valence-electron chi connectivity index (χ2n) is 5.65. The first kappa shape index (κ1) is 18.9. The highest BCUT2D eigenvalue weighted by Gasteiger charge is 2.18. The SMILES string of the molecule is CCOC(=O)c1cn(C[C@@H](C)CCO)c2cc(F)c(I)cc2c1=O. The monoisotopic (exact) mass is 447 g/mol. The summed E-state index contributed by atoms with van der Waals surface area (Å²) in [5.41, 5.74) is -0.105. The van der Waals surface area contributed by atoms with E-state index in [9.17, 15) is 14.0 Å². The zero-order valence-corrected chi connectivity index (χ0v) is 15.7. The van der Waals surface area contributed by atoms with Crippen LogP contribution in [0.1, 0.15) is 30.6 Å². The summed E-state index contributed by atoms with van der Waals surface area (Å²) in [7, 11) is 0. The Balaban J connectivity index is 2.68. The van der Waals surface area contributed by atoms with Gasteiger partial charge in [-0.1, -0.05) is 6.92 Å². The molecule has 2 rings (SSSR count). The molecule has 1 aromatic heterocycles. The number of pyridine rings is 1. The van der Waals surface area contributed by atoms with Crippen LogP contribution in [-0.4, -0.2) is 28.9 Å².